The minimum Gasteiger partial charge on any atom is -0.378 e. The van der Waals surface area contributed by atoms with Gasteiger partial charge in [-0.15, -0.1) is 0 Å². The maximum atomic E-state index is 5.72. The zero-order valence-corrected chi connectivity index (χ0v) is 15.9. The first-order valence-electron chi connectivity index (χ1n) is 8.00. The molecule has 1 fully saturated rings. The van der Waals surface area contributed by atoms with Crippen molar-refractivity contribution in [3.05, 3.63) is 32.7 Å². The number of halogens is 2. The molecule has 21 heavy (non-hydrogen) atoms. The molecular formula is C17H25Br2NO. The van der Waals surface area contributed by atoms with Crippen LogP contribution in [0.4, 0.5) is 0 Å². The lowest BCUT2D eigenvalue weighted by Crippen LogP contribution is -2.22. The van der Waals surface area contributed by atoms with E-state index in [1.54, 1.807) is 0 Å². The van der Waals surface area contributed by atoms with Gasteiger partial charge in [-0.05, 0) is 68.8 Å². The number of rotatable bonds is 8. The zero-order valence-electron chi connectivity index (χ0n) is 12.7. The Bertz CT molecular complexity index is 413. The van der Waals surface area contributed by atoms with Gasteiger partial charge in [0.1, 0.15) is 0 Å². The van der Waals surface area contributed by atoms with Crippen LogP contribution in [-0.2, 0) is 4.74 Å². The van der Waals surface area contributed by atoms with Gasteiger partial charge in [0.25, 0.3) is 0 Å². The Morgan fingerprint density at radius 2 is 2.05 bits per heavy atom. The van der Waals surface area contributed by atoms with Crippen LogP contribution >= 0.6 is 31.9 Å². The predicted octanol–water partition coefficient (Wildman–Crippen LogP) is 5.60. The highest BCUT2D eigenvalue weighted by Crippen LogP contribution is 2.28. The molecule has 0 spiro atoms. The van der Waals surface area contributed by atoms with Gasteiger partial charge in [-0.25, -0.2) is 0 Å². The van der Waals surface area contributed by atoms with Crippen molar-refractivity contribution in [2.24, 2.45) is 0 Å². The monoisotopic (exact) mass is 417 g/mol. The molecule has 0 aliphatic carbocycles. The Labute approximate surface area is 145 Å². The third-order valence-electron chi connectivity index (χ3n) is 3.97. The van der Waals surface area contributed by atoms with E-state index in [0.717, 1.165) is 28.5 Å². The quantitative estimate of drug-likeness (QED) is 0.592. The normalized spacial score (nSPS) is 19.9. The van der Waals surface area contributed by atoms with Crippen LogP contribution in [0.3, 0.4) is 0 Å². The second kappa shape index (κ2) is 9.29. The van der Waals surface area contributed by atoms with Gasteiger partial charge in [-0.2, -0.15) is 0 Å². The van der Waals surface area contributed by atoms with Crippen molar-refractivity contribution in [3.8, 4) is 0 Å². The van der Waals surface area contributed by atoms with Crippen molar-refractivity contribution in [2.45, 2.75) is 57.6 Å². The van der Waals surface area contributed by atoms with Gasteiger partial charge in [0.05, 0.1) is 6.10 Å². The standard InChI is InChI=1S/C17H25Br2NO/c1-2-8-20-17(7-3-5-16-6-4-9-21-16)13-10-14(18)12-15(19)11-13/h10-12,16-17,20H,2-9H2,1H3. The Morgan fingerprint density at radius 3 is 2.67 bits per heavy atom. The second-order valence-corrected chi connectivity index (χ2v) is 7.61. The van der Waals surface area contributed by atoms with Crippen LogP contribution in [0, 0.1) is 0 Å². The number of hydrogen-bond donors (Lipinski definition) is 1. The van der Waals surface area contributed by atoms with Gasteiger partial charge >= 0.3 is 0 Å². The Hall–Kier alpha value is 0.1000. The van der Waals surface area contributed by atoms with Crippen molar-refractivity contribution < 1.29 is 4.74 Å². The van der Waals surface area contributed by atoms with E-state index < -0.39 is 0 Å². The molecule has 0 saturated carbocycles. The van der Waals surface area contributed by atoms with E-state index >= 15 is 0 Å². The fraction of sp³-hybridized carbons (Fsp3) is 0.647. The Balaban J connectivity index is 1.92. The molecule has 1 aromatic rings. The van der Waals surface area contributed by atoms with E-state index in [0.29, 0.717) is 12.1 Å². The average Bonchev–Trinajstić information content (AvgIpc) is 2.94. The van der Waals surface area contributed by atoms with Gasteiger partial charge < -0.3 is 10.1 Å². The second-order valence-electron chi connectivity index (χ2n) is 5.78. The maximum Gasteiger partial charge on any atom is 0.0576 e. The van der Waals surface area contributed by atoms with Crippen molar-refractivity contribution in [1.29, 1.82) is 0 Å². The molecular weight excluding hydrogens is 394 g/mol. The first-order valence-corrected chi connectivity index (χ1v) is 9.58. The zero-order chi connectivity index (χ0) is 15.1. The highest BCUT2D eigenvalue weighted by molar-refractivity contribution is 9.11. The molecule has 0 amide bonds. The van der Waals surface area contributed by atoms with Gasteiger partial charge in [0, 0.05) is 21.6 Å². The summed E-state index contributed by atoms with van der Waals surface area (Å²) in [5, 5.41) is 3.68. The number of benzene rings is 1. The van der Waals surface area contributed by atoms with Crippen molar-refractivity contribution >= 4 is 31.9 Å². The van der Waals surface area contributed by atoms with E-state index in [2.05, 4.69) is 62.3 Å². The number of hydrogen-bond acceptors (Lipinski definition) is 2. The number of ether oxygens (including phenoxy) is 1. The Kier molecular flexibility index (Phi) is 7.72. The molecule has 1 aliphatic rings. The highest BCUT2D eigenvalue weighted by Gasteiger charge is 2.17. The number of nitrogens with one attached hydrogen (secondary N) is 1. The summed E-state index contributed by atoms with van der Waals surface area (Å²) in [6.45, 7) is 4.24. The fourth-order valence-electron chi connectivity index (χ4n) is 2.90. The third kappa shape index (κ3) is 6.01. The topological polar surface area (TPSA) is 21.3 Å². The minimum atomic E-state index is 0.431. The van der Waals surface area contributed by atoms with Gasteiger partial charge in [-0.1, -0.05) is 38.8 Å². The summed E-state index contributed by atoms with van der Waals surface area (Å²) in [6, 6.07) is 6.97. The highest BCUT2D eigenvalue weighted by atomic mass is 79.9. The molecule has 0 aromatic heterocycles. The predicted molar refractivity (Wildman–Crippen MR) is 95.7 cm³/mol. The summed E-state index contributed by atoms with van der Waals surface area (Å²) in [6.07, 6.45) is 7.73. The lowest BCUT2D eigenvalue weighted by molar-refractivity contribution is 0.101. The molecule has 2 rings (SSSR count). The summed E-state index contributed by atoms with van der Waals surface area (Å²) in [4.78, 5) is 0. The van der Waals surface area contributed by atoms with Crippen molar-refractivity contribution in [2.75, 3.05) is 13.2 Å². The first-order chi connectivity index (χ1) is 10.2. The van der Waals surface area contributed by atoms with Gasteiger partial charge in [-0.3, -0.25) is 0 Å². The summed E-state index contributed by atoms with van der Waals surface area (Å²) in [5.74, 6) is 0. The van der Waals surface area contributed by atoms with Crippen LogP contribution in [-0.4, -0.2) is 19.3 Å². The molecule has 0 radical (unpaired) electrons. The smallest absolute Gasteiger partial charge is 0.0576 e. The molecule has 118 valence electrons. The van der Waals surface area contributed by atoms with E-state index in [1.165, 1.54) is 37.7 Å². The summed E-state index contributed by atoms with van der Waals surface area (Å²) >= 11 is 7.19. The maximum absolute atomic E-state index is 5.72. The fourth-order valence-corrected chi connectivity index (χ4v) is 4.23. The molecule has 4 heteroatoms. The molecule has 2 unspecified atom stereocenters. The largest absolute Gasteiger partial charge is 0.378 e. The van der Waals surface area contributed by atoms with Crippen molar-refractivity contribution in [1.82, 2.24) is 5.32 Å². The van der Waals surface area contributed by atoms with Crippen LogP contribution in [0.25, 0.3) is 0 Å². The molecule has 2 atom stereocenters. The Morgan fingerprint density at radius 1 is 1.29 bits per heavy atom. The van der Waals surface area contributed by atoms with Crippen LogP contribution < -0.4 is 5.32 Å². The first kappa shape index (κ1) is 17.5. The minimum absolute atomic E-state index is 0.431. The van der Waals surface area contributed by atoms with E-state index in [4.69, 9.17) is 4.74 Å². The van der Waals surface area contributed by atoms with Crippen LogP contribution in [0.2, 0.25) is 0 Å². The summed E-state index contributed by atoms with van der Waals surface area (Å²) in [5.41, 5.74) is 1.36. The SMILES string of the molecule is CCCNC(CCCC1CCCO1)c1cc(Br)cc(Br)c1. The third-order valence-corrected chi connectivity index (χ3v) is 4.89. The molecule has 1 aliphatic heterocycles. The molecule has 1 aromatic carbocycles. The van der Waals surface area contributed by atoms with E-state index in [9.17, 15) is 0 Å². The summed E-state index contributed by atoms with van der Waals surface area (Å²) in [7, 11) is 0. The molecule has 0 bridgehead atoms. The molecule has 1 heterocycles. The molecule has 1 saturated heterocycles. The molecule has 2 nitrogen and oxygen atoms in total. The van der Waals surface area contributed by atoms with Gasteiger partial charge in [0.15, 0.2) is 0 Å². The van der Waals surface area contributed by atoms with Gasteiger partial charge in [0.2, 0.25) is 0 Å². The average molecular weight is 419 g/mol. The van der Waals surface area contributed by atoms with Crippen LogP contribution in [0.1, 0.15) is 57.1 Å². The lowest BCUT2D eigenvalue weighted by Gasteiger charge is -2.20. The lowest BCUT2D eigenvalue weighted by atomic mass is 9.99. The molecule has 1 N–H and O–H groups in total. The summed E-state index contributed by atoms with van der Waals surface area (Å²) < 4.78 is 7.99. The van der Waals surface area contributed by atoms with Crippen molar-refractivity contribution in [3.63, 3.8) is 0 Å². The van der Waals surface area contributed by atoms with Crippen LogP contribution in [0.5, 0.6) is 0 Å². The van der Waals surface area contributed by atoms with E-state index in [1.807, 2.05) is 0 Å². The van der Waals surface area contributed by atoms with E-state index in [-0.39, 0.29) is 0 Å². The van der Waals surface area contributed by atoms with Crippen LogP contribution in [0.15, 0.2) is 27.1 Å².